The van der Waals surface area contributed by atoms with Crippen LogP contribution in [0.15, 0.2) is 36.4 Å². The lowest BCUT2D eigenvalue weighted by Crippen LogP contribution is -1.93. The molecule has 0 aromatic heterocycles. The minimum absolute atomic E-state index is 0.0856. The Morgan fingerprint density at radius 3 is 2.56 bits per heavy atom. The zero-order chi connectivity index (χ0) is 13.1. The fourth-order valence-electron chi connectivity index (χ4n) is 1.53. The maximum atomic E-state index is 13.4. The predicted molar refractivity (Wildman–Crippen MR) is 64.0 cm³/mol. The minimum atomic E-state index is -0.632. The van der Waals surface area contributed by atoms with E-state index in [4.69, 9.17) is 10.00 Å². The number of ether oxygens (including phenoxy) is 1. The van der Waals surface area contributed by atoms with Crippen molar-refractivity contribution in [2.75, 3.05) is 0 Å². The Bertz CT molecular complexity index is 632. The van der Waals surface area contributed by atoms with Gasteiger partial charge in [-0.1, -0.05) is 12.1 Å². The number of hydrogen-bond donors (Lipinski definition) is 1. The van der Waals surface area contributed by atoms with E-state index in [1.807, 2.05) is 0 Å². The molecule has 0 saturated carbocycles. The number of nitriles is 1. The summed E-state index contributed by atoms with van der Waals surface area (Å²) < 4.78 is 18.9. The summed E-state index contributed by atoms with van der Waals surface area (Å²) in [4.78, 5) is 0. The lowest BCUT2D eigenvalue weighted by Gasteiger charge is -2.10. The molecular weight excluding hydrogens is 233 g/mol. The molecule has 0 heterocycles. The molecule has 0 radical (unpaired) electrons. The Hall–Kier alpha value is -2.54. The number of hydrogen-bond acceptors (Lipinski definition) is 3. The highest BCUT2D eigenvalue weighted by molar-refractivity contribution is 5.49. The molecule has 0 amide bonds. The molecule has 2 aromatic rings. The number of rotatable bonds is 2. The first-order valence-electron chi connectivity index (χ1n) is 5.28. The molecule has 2 aromatic carbocycles. The van der Waals surface area contributed by atoms with Gasteiger partial charge in [0, 0.05) is 5.56 Å². The number of benzene rings is 2. The summed E-state index contributed by atoms with van der Waals surface area (Å²) in [6, 6.07) is 10.7. The van der Waals surface area contributed by atoms with Gasteiger partial charge in [-0.15, -0.1) is 0 Å². The lowest BCUT2D eigenvalue weighted by molar-refractivity contribution is 0.445. The molecule has 0 spiro atoms. The van der Waals surface area contributed by atoms with E-state index in [0.29, 0.717) is 11.3 Å². The quantitative estimate of drug-likeness (QED) is 0.878. The summed E-state index contributed by atoms with van der Waals surface area (Å²) in [5.74, 6) is -0.0292. The number of halogens is 1. The zero-order valence-electron chi connectivity index (χ0n) is 9.64. The SMILES string of the molecule is Cc1c(O)cccc1Oc1cccc(F)c1C#N. The second-order valence-electron chi connectivity index (χ2n) is 3.73. The highest BCUT2D eigenvalue weighted by Crippen LogP contribution is 2.32. The smallest absolute Gasteiger partial charge is 0.148 e. The fraction of sp³-hybridized carbons (Fsp3) is 0.0714. The van der Waals surface area contributed by atoms with Crippen LogP contribution in [-0.2, 0) is 0 Å². The molecule has 2 rings (SSSR count). The minimum Gasteiger partial charge on any atom is -0.508 e. The van der Waals surface area contributed by atoms with E-state index in [9.17, 15) is 9.50 Å². The highest BCUT2D eigenvalue weighted by Gasteiger charge is 2.11. The first-order chi connectivity index (χ1) is 8.63. The molecule has 18 heavy (non-hydrogen) atoms. The third kappa shape index (κ3) is 2.11. The van der Waals surface area contributed by atoms with Crippen LogP contribution in [0.1, 0.15) is 11.1 Å². The molecule has 3 nitrogen and oxygen atoms in total. The highest BCUT2D eigenvalue weighted by atomic mass is 19.1. The fourth-order valence-corrected chi connectivity index (χ4v) is 1.53. The summed E-state index contributed by atoms with van der Waals surface area (Å²) >= 11 is 0. The van der Waals surface area contributed by atoms with Crippen LogP contribution in [-0.4, -0.2) is 5.11 Å². The molecule has 0 atom stereocenters. The van der Waals surface area contributed by atoms with Crippen molar-refractivity contribution in [1.82, 2.24) is 0 Å². The second kappa shape index (κ2) is 4.76. The van der Waals surface area contributed by atoms with Crippen molar-refractivity contribution in [3.8, 4) is 23.3 Å². The van der Waals surface area contributed by atoms with Gasteiger partial charge in [-0.05, 0) is 31.2 Å². The molecule has 0 aliphatic rings. The largest absolute Gasteiger partial charge is 0.508 e. The van der Waals surface area contributed by atoms with Crippen LogP contribution < -0.4 is 4.74 Å². The summed E-state index contributed by atoms with van der Waals surface area (Å²) in [6.45, 7) is 1.68. The van der Waals surface area contributed by atoms with Gasteiger partial charge in [0.05, 0.1) is 0 Å². The van der Waals surface area contributed by atoms with Gasteiger partial charge in [-0.2, -0.15) is 5.26 Å². The Labute approximate surface area is 104 Å². The van der Waals surface area contributed by atoms with Gasteiger partial charge in [0.15, 0.2) is 0 Å². The van der Waals surface area contributed by atoms with Crippen LogP contribution in [0.25, 0.3) is 0 Å². The van der Waals surface area contributed by atoms with Crippen LogP contribution in [0.3, 0.4) is 0 Å². The van der Waals surface area contributed by atoms with Crippen LogP contribution in [0.2, 0.25) is 0 Å². The lowest BCUT2D eigenvalue weighted by atomic mass is 10.2. The Balaban J connectivity index is 2.44. The summed E-state index contributed by atoms with van der Waals surface area (Å²) in [7, 11) is 0. The van der Waals surface area contributed by atoms with Crippen molar-refractivity contribution < 1.29 is 14.2 Å². The standard InChI is InChI=1S/C14H10FNO2/c1-9-12(17)5-3-6-13(9)18-14-7-2-4-11(15)10(14)8-16/h2-7,17H,1H3. The number of aromatic hydroxyl groups is 1. The van der Waals surface area contributed by atoms with E-state index in [-0.39, 0.29) is 17.1 Å². The molecule has 0 bridgehead atoms. The average Bonchev–Trinajstić information content (AvgIpc) is 2.35. The molecule has 0 fully saturated rings. The van der Waals surface area contributed by atoms with Gasteiger partial charge in [-0.25, -0.2) is 4.39 Å². The average molecular weight is 243 g/mol. The van der Waals surface area contributed by atoms with E-state index in [1.165, 1.54) is 24.3 Å². The molecule has 1 N–H and O–H groups in total. The van der Waals surface area contributed by atoms with Crippen molar-refractivity contribution in [3.05, 3.63) is 53.3 Å². The molecule has 0 saturated heterocycles. The number of phenols is 1. The summed E-state index contributed by atoms with van der Waals surface area (Å²) in [6.07, 6.45) is 0. The third-order valence-electron chi connectivity index (χ3n) is 2.56. The van der Waals surface area contributed by atoms with Crippen molar-refractivity contribution in [2.24, 2.45) is 0 Å². The normalized spacial score (nSPS) is 9.83. The van der Waals surface area contributed by atoms with Gasteiger partial charge in [0.25, 0.3) is 0 Å². The third-order valence-corrected chi connectivity index (χ3v) is 2.56. The maximum Gasteiger partial charge on any atom is 0.148 e. The van der Waals surface area contributed by atoms with Crippen molar-refractivity contribution in [1.29, 1.82) is 5.26 Å². The Morgan fingerprint density at radius 2 is 1.83 bits per heavy atom. The van der Waals surface area contributed by atoms with Crippen LogP contribution >= 0.6 is 0 Å². The Kier molecular flexibility index (Phi) is 3.16. The zero-order valence-corrected chi connectivity index (χ0v) is 9.64. The topological polar surface area (TPSA) is 53.2 Å². The van der Waals surface area contributed by atoms with E-state index >= 15 is 0 Å². The molecular formula is C14H10FNO2. The van der Waals surface area contributed by atoms with Gasteiger partial charge in [0.2, 0.25) is 0 Å². The van der Waals surface area contributed by atoms with Crippen LogP contribution in [0.4, 0.5) is 4.39 Å². The molecule has 0 aliphatic carbocycles. The van der Waals surface area contributed by atoms with E-state index in [0.717, 1.165) is 0 Å². The van der Waals surface area contributed by atoms with Crippen molar-refractivity contribution in [2.45, 2.75) is 6.92 Å². The van der Waals surface area contributed by atoms with E-state index in [1.54, 1.807) is 25.1 Å². The van der Waals surface area contributed by atoms with Gasteiger partial charge >= 0.3 is 0 Å². The van der Waals surface area contributed by atoms with Crippen molar-refractivity contribution >= 4 is 0 Å². The summed E-state index contributed by atoms with van der Waals surface area (Å²) in [5, 5.41) is 18.4. The van der Waals surface area contributed by atoms with E-state index < -0.39 is 5.82 Å². The number of nitrogens with zero attached hydrogens (tertiary/aromatic N) is 1. The summed E-state index contributed by atoms with van der Waals surface area (Å²) in [5.41, 5.74) is 0.380. The van der Waals surface area contributed by atoms with Crippen LogP contribution in [0.5, 0.6) is 17.2 Å². The first-order valence-corrected chi connectivity index (χ1v) is 5.28. The maximum absolute atomic E-state index is 13.4. The van der Waals surface area contributed by atoms with E-state index in [2.05, 4.69) is 0 Å². The monoisotopic (exact) mass is 243 g/mol. The van der Waals surface area contributed by atoms with Gasteiger partial charge in [0.1, 0.15) is 34.7 Å². The van der Waals surface area contributed by atoms with Gasteiger partial charge in [-0.3, -0.25) is 0 Å². The van der Waals surface area contributed by atoms with Crippen LogP contribution in [0, 0.1) is 24.1 Å². The molecule has 0 aliphatic heterocycles. The molecule has 90 valence electrons. The second-order valence-corrected chi connectivity index (χ2v) is 3.73. The van der Waals surface area contributed by atoms with Gasteiger partial charge < -0.3 is 9.84 Å². The van der Waals surface area contributed by atoms with Crippen molar-refractivity contribution in [3.63, 3.8) is 0 Å². The molecule has 4 heteroatoms. The first kappa shape index (κ1) is 11.9. The number of phenolic OH excluding ortho intramolecular Hbond substituents is 1. The predicted octanol–water partition coefficient (Wildman–Crippen LogP) is 3.50. The molecule has 0 unspecified atom stereocenters. The Morgan fingerprint density at radius 1 is 1.17 bits per heavy atom.